The third-order valence-electron chi connectivity index (χ3n) is 5.65. The van der Waals surface area contributed by atoms with Crippen LogP contribution in [0.4, 0.5) is 11.4 Å². The monoisotopic (exact) mass is 326 g/mol. The number of nitrogens with one attached hydrogen (secondary N) is 1. The number of carbonyl (C=O) groups is 1. The van der Waals surface area contributed by atoms with E-state index < -0.39 is 0 Å². The van der Waals surface area contributed by atoms with Gasteiger partial charge in [0.2, 0.25) is 5.91 Å². The van der Waals surface area contributed by atoms with Crippen molar-refractivity contribution < 1.29 is 4.79 Å². The summed E-state index contributed by atoms with van der Waals surface area (Å²) in [7, 11) is 0. The number of hydrogen-bond donors (Lipinski definition) is 1. The van der Waals surface area contributed by atoms with E-state index in [1.165, 1.54) is 24.1 Å². The Balaban J connectivity index is 1.70. The molecule has 3 rings (SSSR count). The van der Waals surface area contributed by atoms with Crippen molar-refractivity contribution in [1.82, 2.24) is 0 Å². The zero-order valence-electron chi connectivity index (χ0n) is 15.6. The Morgan fingerprint density at radius 1 is 1.25 bits per heavy atom. The van der Waals surface area contributed by atoms with Crippen molar-refractivity contribution in [2.75, 3.05) is 23.3 Å². The molecular weight excluding hydrogens is 296 g/mol. The molecule has 3 heteroatoms. The summed E-state index contributed by atoms with van der Waals surface area (Å²) >= 11 is 0. The molecule has 1 aliphatic heterocycles. The molecule has 2 fully saturated rings. The van der Waals surface area contributed by atoms with E-state index in [0.29, 0.717) is 5.92 Å². The summed E-state index contributed by atoms with van der Waals surface area (Å²) in [4.78, 5) is 15.1. The standard InChI is InChI=1S/C21H30N2O/c1-14(2)12-17-19(21(17,4)5)20(24)22-18-9-8-16(13-15(18)3)23-10-6-7-11-23/h8-9,12-13,17,19H,6-7,10-11H2,1-5H3,(H,22,24)/t17-,19-/m1/s1. The first kappa shape index (κ1) is 17.1. The van der Waals surface area contributed by atoms with Gasteiger partial charge in [-0.15, -0.1) is 0 Å². The molecule has 0 radical (unpaired) electrons. The Bertz CT molecular complexity index is 664. The highest BCUT2D eigenvalue weighted by Gasteiger charge is 2.60. The van der Waals surface area contributed by atoms with E-state index in [-0.39, 0.29) is 17.2 Å². The average Bonchev–Trinajstić information content (AvgIpc) is 2.90. The van der Waals surface area contributed by atoms with Crippen LogP contribution in [0.2, 0.25) is 0 Å². The van der Waals surface area contributed by atoms with Crippen LogP contribution < -0.4 is 10.2 Å². The molecule has 1 aliphatic carbocycles. The molecule has 1 N–H and O–H groups in total. The highest BCUT2D eigenvalue weighted by atomic mass is 16.2. The van der Waals surface area contributed by atoms with Gasteiger partial charge >= 0.3 is 0 Å². The van der Waals surface area contributed by atoms with Crippen molar-refractivity contribution >= 4 is 17.3 Å². The van der Waals surface area contributed by atoms with Gasteiger partial charge in [0.05, 0.1) is 5.92 Å². The lowest BCUT2D eigenvalue weighted by Crippen LogP contribution is -2.19. The van der Waals surface area contributed by atoms with Crippen molar-refractivity contribution in [1.29, 1.82) is 0 Å². The Morgan fingerprint density at radius 2 is 1.92 bits per heavy atom. The lowest BCUT2D eigenvalue weighted by Gasteiger charge is -2.19. The van der Waals surface area contributed by atoms with Gasteiger partial charge in [-0.1, -0.05) is 25.5 Å². The molecule has 1 amide bonds. The molecule has 0 aromatic heterocycles. The predicted octanol–water partition coefficient (Wildman–Crippen LogP) is 4.77. The molecule has 0 spiro atoms. The summed E-state index contributed by atoms with van der Waals surface area (Å²) in [5.41, 5.74) is 4.71. The number of allylic oxidation sites excluding steroid dienone is 2. The first-order valence-electron chi connectivity index (χ1n) is 9.12. The molecule has 2 atom stereocenters. The smallest absolute Gasteiger partial charge is 0.228 e. The summed E-state index contributed by atoms with van der Waals surface area (Å²) in [5, 5.41) is 3.16. The van der Waals surface area contributed by atoms with Gasteiger partial charge in [-0.2, -0.15) is 0 Å². The number of carbonyl (C=O) groups excluding carboxylic acids is 1. The third kappa shape index (κ3) is 3.22. The van der Waals surface area contributed by atoms with Gasteiger partial charge in [0, 0.05) is 24.5 Å². The Kier molecular flexibility index (Phi) is 4.46. The van der Waals surface area contributed by atoms with Gasteiger partial charge in [-0.05, 0) is 68.7 Å². The fourth-order valence-electron chi connectivity index (χ4n) is 4.02. The van der Waals surface area contributed by atoms with Crippen molar-refractivity contribution in [3.05, 3.63) is 35.4 Å². The highest BCUT2D eigenvalue weighted by molar-refractivity contribution is 5.96. The molecule has 0 bridgehead atoms. The lowest BCUT2D eigenvalue weighted by molar-refractivity contribution is -0.118. The van der Waals surface area contributed by atoms with Gasteiger partial charge in [0.15, 0.2) is 0 Å². The van der Waals surface area contributed by atoms with E-state index >= 15 is 0 Å². The van der Waals surface area contributed by atoms with Gasteiger partial charge in [-0.25, -0.2) is 0 Å². The van der Waals surface area contributed by atoms with Crippen LogP contribution in [-0.4, -0.2) is 19.0 Å². The molecule has 1 saturated carbocycles. The summed E-state index contributed by atoms with van der Waals surface area (Å²) in [5.74, 6) is 0.580. The number of hydrogen-bond acceptors (Lipinski definition) is 2. The molecule has 0 unspecified atom stereocenters. The van der Waals surface area contributed by atoms with Gasteiger partial charge in [-0.3, -0.25) is 4.79 Å². The van der Waals surface area contributed by atoms with E-state index in [9.17, 15) is 4.79 Å². The van der Waals surface area contributed by atoms with Crippen LogP contribution in [0.1, 0.15) is 46.1 Å². The SMILES string of the molecule is CC(C)=C[C@@H]1[C@H](C(=O)Nc2ccc(N3CCCC3)cc2C)C1(C)C. The molecule has 1 aromatic rings. The normalized spacial score (nSPS) is 24.6. The van der Waals surface area contributed by atoms with Crippen LogP contribution in [0.15, 0.2) is 29.8 Å². The van der Waals surface area contributed by atoms with E-state index in [1.54, 1.807) is 0 Å². The van der Waals surface area contributed by atoms with Crippen LogP contribution in [-0.2, 0) is 4.79 Å². The quantitative estimate of drug-likeness (QED) is 0.808. The molecule has 130 valence electrons. The largest absolute Gasteiger partial charge is 0.372 e. The number of rotatable bonds is 4. The maximum Gasteiger partial charge on any atom is 0.228 e. The van der Waals surface area contributed by atoms with Crippen LogP contribution in [0, 0.1) is 24.2 Å². The minimum absolute atomic E-state index is 0.0603. The lowest BCUT2D eigenvalue weighted by atomic mass is 10.1. The van der Waals surface area contributed by atoms with Crippen LogP contribution in [0.3, 0.4) is 0 Å². The topological polar surface area (TPSA) is 32.3 Å². The average molecular weight is 326 g/mol. The molecule has 2 aliphatic rings. The zero-order chi connectivity index (χ0) is 17.5. The van der Waals surface area contributed by atoms with Crippen molar-refractivity contribution in [2.24, 2.45) is 17.3 Å². The minimum atomic E-state index is 0.0603. The second-order valence-corrected chi connectivity index (χ2v) is 8.25. The molecule has 24 heavy (non-hydrogen) atoms. The summed E-state index contributed by atoms with van der Waals surface area (Å²) in [6, 6.07) is 6.40. The summed E-state index contributed by atoms with van der Waals surface area (Å²) in [6.45, 7) is 12.9. The fourth-order valence-corrected chi connectivity index (χ4v) is 4.02. The van der Waals surface area contributed by atoms with Crippen molar-refractivity contribution in [3.63, 3.8) is 0 Å². The third-order valence-corrected chi connectivity index (χ3v) is 5.65. The number of anilines is 2. The van der Waals surface area contributed by atoms with Crippen LogP contribution in [0.25, 0.3) is 0 Å². The molecule has 1 aromatic carbocycles. The van der Waals surface area contributed by atoms with Crippen LogP contribution >= 0.6 is 0 Å². The van der Waals surface area contributed by atoms with E-state index in [2.05, 4.69) is 69.1 Å². The first-order chi connectivity index (χ1) is 11.3. The Labute approximate surface area is 146 Å². The number of benzene rings is 1. The summed E-state index contributed by atoms with van der Waals surface area (Å²) in [6.07, 6.45) is 4.80. The number of nitrogens with zero attached hydrogens (tertiary/aromatic N) is 1. The molecular formula is C21H30N2O. The van der Waals surface area contributed by atoms with Crippen molar-refractivity contribution in [2.45, 2.75) is 47.5 Å². The van der Waals surface area contributed by atoms with E-state index in [1.807, 2.05) is 0 Å². The molecule has 3 nitrogen and oxygen atoms in total. The van der Waals surface area contributed by atoms with Crippen LogP contribution in [0.5, 0.6) is 0 Å². The second kappa shape index (κ2) is 6.27. The fraction of sp³-hybridized carbons (Fsp3) is 0.571. The summed E-state index contributed by atoms with van der Waals surface area (Å²) < 4.78 is 0. The molecule has 1 saturated heterocycles. The molecule has 1 heterocycles. The number of aryl methyl sites for hydroxylation is 1. The van der Waals surface area contributed by atoms with Gasteiger partial charge in [0.1, 0.15) is 0 Å². The Hall–Kier alpha value is -1.77. The first-order valence-corrected chi connectivity index (χ1v) is 9.12. The highest BCUT2D eigenvalue weighted by Crippen LogP contribution is 2.59. The van der Waals surface area contributed by atoms with Gasteiger partial charge < -0.3 is 10.2 Å². The van der Waals surface area contributed by atoms with Crippen molar-refractivity contribution in [3.8, 4) is 0 Å². The second-order valence-electron chi connectivity index (χ2n) is 8.25. The maximum atomic E-state index is 12.7. The maximum absolute atomic E-state index is 12.7. The minimum Gasteiger partial charge on any atom is -0.372 e. The predicted molar refractivity (Wildman–Crippen MR) is 101 cm³/mol. The van der Waals surface area contributed by atoms with E-state index in [4.69, 9.17) is 0 Å². The number of amides is 1. The van der Waals surface area contributed by atoms with Gasteiger partial charge in [0.25, 0.3) is 0 Å². The van der Waals surface area contributed by atoms with E-state index in [0.717, 1.165) is 24.3 Å². The Morgan fingerprint density at radius 3 is 2.50 bits per heavy atom. The zero-order valence-corrected chi connectivity index (χ0v) is 15.6.